The lowest BCUT2D eigenvalue weighted by Gasteiger charge is -2.71. The van der Waals surface area contributed by atoms with Crippen LogP contribution < -0.4 is 5.73 Å². The van der Waals surface area contributed by atoms with Crippen molar-refractivity contribution in [2.24, 2.45) is 67.8 Å². The van der Waals surface area contributed by atoms with Crippen molar-refractivity contribution in [1.82, 2.24) is 14.8 Å². The van der Waals surface area contributed by atoms with E-state index in [4.69, 9.17) is 25.3 Å². The Kier molecular flexibility index (Phi) is 9.67. The van der Waals surface area contributed by atoms with E-state index in [1.54, 1.807) is 6.33 Å². The lowest BCUT2D eigenvalue weighted by atomic mass is 9.34. The molecule has 2 bridgehead atoms. The molecule has 7 rings (SSSR count). The highest BCUT2D eigenvalue weighted by Crippen LogP contribution is 2.75. The van der Waals surface area contributed by atoms with Crippen molar-refractivity contribution in [3.63, 3.8) is 0 Å². The van der Waals surface area contributed by atoms with Gasteiger partial charge >= 0.3 is 5.97 Å². The van der Waals surface area contributed by atoms with E-state index in [1.807, 2.05) is 24.3 Å². The second-order valence-electron chi connectivity index (χ2n) is 21.2. The fourth-order valence-electron chi connectivity index (χ4n) is 13.0. The summed E-state index contributed by atoms with van der Waals surface area (Å²) in [6.45, 7) is 26.4. The van der Waals surface area contributed by atoms with Crippen LogP contribution in [0.2, 0.25) is 0 Å². The molecule has 9 heteroatoms. The van der Waals surface area contributed by atoms with E-state index in [0.29, 0.717) is 43.1 Å². The van der Waals surface area contributed by atoms with Crippen LogP contribution in [0.1, 0.15) is 126 Å². The number of ether oxygens (including phenoxy) is 2. The summed E-state index contributed by atoms with van der Waals surface area (Å²) in [6, 6.07) is 9.66. The minimum Gasteiger partial charge on any atom is -0.481 e. The molecule has 4 aliphatic carbocycles. The number of aliphatic carboxylic acids is 1. The molecule has 1 aromatic carbocycles. The summed E-state index contributed by atoms with van der Waals surface area (Å²) in [5.74, 6) is 0.952. The van der Waals surface area contributed by atoms with Gasteiger partial charge in [0.1, 0.15) is 6.33 Å². The van der Waals surface area contributed by atoms with Crippen molar-refractivity contribution in [1.29, 1.82) is 5.26 Å². The molecule has 0 radical (unpaired) electrons. The van der Waals surface area contributed by atoms with Gasteiger partial charge in [0.2, 0.25) is 0 Å². The predicted octanol–water partition coefficient (Wildman–Crippen LogP) is 9.10. The number of benzene rings is 1. The maximum atomic E-state index is 13.6. The molecule has 0 spiro atoms. The number of nitrogens with two attached hydrogens (primary N) is 1. The normalized spacial score (nSPS) is 40.1. The summed E-state index contributed by atoms with van der Waals surface area (Å²) in [5.41, 5.74) is 7.77. The molecule has 2 aromatic rings. The Morgan fingerprint density at radius 3 is 2.38 bits per heavy atom. The molecule has 2 heterocycles. The Hall–Kier alpha value is -3.06. The van der Waals surface area contributed by atoms with Crippen LogP contribution in [-0.4, -0.2) is 57.3 Å². The van der Waals surface area contributed by atoms with Gasteiger partial charge in [-0.15, -0.1) is 0 Å². The second kappa shape index (κ2) is 13.2. The molecule has 1 aliphatic heterocycles. The summed E-state index contributed by atoms with van der Waals surface area (Å²) < 4.78 is 16.1. The molecule has 1 saturated heterocycles. The van der Waals surface area contributed by atoms with Crippen molar-refractivity contribution in [3.05, 3.63) is 47.8 Å². The van der Waals surface area contributed by atoms with Gasteiger partial charge in [0.05, 0.1) is 49.5 Å². The van der Waals surface area contributed by atoms with Crippen LogP contribution in [0.25, 0.3) is 11.4 Å². The number of allylic oxidation sites excluding steroid dienone is 1. The molecule has 5 aliphatic rings. The Morgan fingerprint density at radius 2 is 1.76 bits per heavy atom. The Morgan fingerprint density at radius 1 is 1.07 bits per heavy atom. The first-order valence-corrected chi connectivity index (χ1v) is 20.9. The molecule has 12 atom stereocenters. The van der Waals surface area contributed by atoms with Gasteiger partial charge in [0, 0.05) is 21.9 Å². The van der Waals surface area contributed by atoms with E-state index < -0.39 is 22.8 Å². The molecule has 1 aromatic heterocycles. The van der Waals surface area contributed by atoms with Gasteiger partial charge in [0.25, 0.3) is 0 Å². The SMILES string of the molecule is CC(C)[C@@H](C)[C@@]1(C)CC[C@]2(C)[C@H]3CC[C@@H]4[C@@]5(COC[C@@]4(C)[C@@H](OC[C@](C)(N)C(C)(C)C)[C@H](n4ncnc4-c4ccc(C#N)cc4)C5)C3=CC[C@@]2(C)[C@@H]1C(=O)O. The molecule has 3 N–H and O–H groups in total. The maximum Gasteiger partial charge on any atom is 0.307 e. The zero-order valence-corrected chi connectivity index (χ0v) is 35.4. The van der Waals surface area contributed by atoms with Gasteiger partial charge in [-0.3, -0.25) is 4.79 Å². The predicted molar refractivity (Wildman–Crippen MR) is 215 cm³/mol. The number of aromatic nitrogens is 3. The number of rotatable bonds is 8. The topological polar surface area (TPSA) is 136 Å². The highest BCUT2D eigenvalue weighted by atomic mass is 16.5. The van der Waals surface area contributed by atoms with Crippen molar-refractivity contribution >= 4 is 5.97 Å². The van der Waals surface area contributed by atoms with Crippen LogP contribution in [0.3, 0.4) is 0 Å². The van der Waals surface area contributed by atoms with E-state index in [-0.39, 0.29) is 45.1 Å². The van der Waals surface area contributed by atoms with Gasteiger partial charge < -0.3 is 20.3 Å². The monoisotopic (exact) mass is 754 g/mol. The van der Waals surface area contributed by atoms with E-state index in [1.165, 1.54) is 5.57 Å². The number of carboxylic acids is 1. The van der Waals surface area contributed by atoms with E-state index in [9.17, 15) is 15.2 Å². The minimum absolute atomic E-state index is 0.164. The van der Waals surface area contributed by atoms with Crippen molar-refractivity contribution in [3.8, 4) is 17.5 Å². The number of carboxylic acid groups (broad SMARTS) is 1. The molecule has 0 unspecified atom stereocenters. The first kappa shape index (κ1) is 40.1. The Balaban J connectivity index is 1.36. The molecule has 3 saturated carbocycles. The van der Waals surface area contributed by atoms with Crippen LogP contribution in [0.4, 0.5) is 0 Å². The van der Waals surface area contributed by atoms with Gasteiger partial charge in [-0.2, -0.15) is 10.4 Å². The standard InChI is InChI=1S/C46H67N5O4/c1-28(2)29(3)41(7)20-21-43(9)32-16-17-35-42(8)24-54-26-46(35,33(32)18-19-44(43,10)36(41)39(52)53)22-34(37(42)55-25-45(11,48)40(4,5)6)51-38(49-27-50-51)31-14-12-30(23-47)13-15-31/h12-15,18,27-29,32,34-37H,16-17,19-22,24-26,48H2,1-11H3,(H,52,53)/t29-,32+,34-,35+,36-,37+,41-,42-,43-,44+,45+,46+/m1/s1. The van der Waals surface area contributed by atoms with Crippen molar-refractivity contribution in [2.45, 2.75) is 132 Å². The molecule has 9 nitrogen and oxygen atoms in total. The van der Waals surface area contributed by atoms with Gasteiger partial charge in [0.15, 0.2) is 5.82 Å². The fourth-order valence-corrected chi connectivity index (χ4v) is 13.0. The van der Waals surface area contributed by atoms with Gasteiger partial charge in [-0.25, -0.2) is 9.67 Å². The third kappa shape index (κ3) is 5.73. The summed E-state index contributed by atoms with van der Waals surface area (Å²) in [4.78, 5) is 18.4. The molecule has 0 amide bonds. The molecule has 4 fully saturated rings. The van der Waals surface area contributed by atoms with Crippen LogP contribution in [-0.2, 0) is 14.3 Å². The second-order valence-corrected chi connectivity index (χ2v) is 21.2. The zero-order valence-electron chi connectivity index (χ0n) is 35.4. The van der Waals surface area contributed by atoms with Crippen LogP contribution >= 0.6 is 0 Å². The lowest BCUT2D eigenvalue weighted by molar-refractivity contribution is -0.253. The Labute approximate surface area is 329 Å². The number of nitrogens with zero attached hydrogens (tertiary/aromatic N) is 4. The third-order valence-corrected chi connectivity index (χ3v) is 17.5. The van der Waals surface area contributed by atoms with E-state index in [2.05, 4.69) is 93.0 Å². The van der Waals surface area contributed by atoms with Gasteiger partial charge in [-0.05, 0) is 115 Å². The quantitative estimate of drug-likeness (QED) is 0.255. The van der Waals surface area contributed by atoms with E-state index >= 15 is 0 Å². The van der Waals surface area contributed by atoms with Gasteiger partial charge in [-0.1, -0.05) is 80.9 Å². The summed E-state index contributed by atoms with van der Waals surface area (Å²) >= 11 is 0. The van der Waals surface area contributed by atoms with Crippen molar-refractivity contribution in [2.75, 3.05) is 19.8 Å². The highest BCUT2D eigenvalue weighted by molar-refractivity contribution is 5.73. The van der Waals surface area contributed by atoms with Crippen LogP contribution in [0, 0.1) is 73.4 Å². The number of hydrogen-bond donors (Lipinski definition) is 2. The first-order chi connectivity index (χ1) is 25.6. The average molecular weight is 754 g/mol. The Bertz CT molecular complexity index is 1870. The van der Waals surface area contributed by atoms with E-state index in [0.717, 1.165) is 49.9 Å². The number of nitriles is 1. The number of carbonyl (C=O) groups is 1. The summed E-state index contributed by atoms with van der Waals surface area (Å²) in [6.07, 6.45) is 9.44. The lowest BCUT2D eigenvalue weighted by Crippen LogP contribution is -2.69. The summed E-state index contributed by atoms with van der Waals surface area (Å²) in [5, 5.41) is 25.7. The fraction of sp³-hybridized carbons (Fsp3) is 0.739. The highest BCUT2D eigenvalue weighted by Gasteiger charge is 2.72. The minimum atomic E-state index is -0.637. The molecule has 55 heavy (non-hydrogen) atoms. The smallest absolute Gasteiger partial charge is 0.307 e. The van der Waals surface area contributed by atoms with Crippen LogP contribution in [0.5, 0.6) is 0 Å². The molecular weight excluding hydrogens is 687 g/mol. The molecule has 300 valence electrons. The largest absolute Gasteiger partial charge is 0.481 e. The number of fused-ring (bicyclic) bond motifs is 3. The molecular formula is C46H67N5O4. The van der Waals surface area contributed by atoms with Crippen molar-refractivity contribution < 1.29 is 19.4 Å². The van der Waals surface area contributed by atoms with Crippen LogP contribution in [0.15, 0.2) is 42.2 Å². The third-order valence-electron chi connectivity index (χ3n) is 17.5. The summed E-state index contributed by atoms with van der Waals surface area (Å²) in [7, 11) is 0. The zero-order chi connectivity index (χ0) is 40.1. The first-order valence-electron chi connectivity index (χ1n) is 20.9. The average Bonchev–Trinajstić information content (AvgIpc) is 3.60. The maximum absolute atomic E-state index is 13.6. The number of hydrogen-bond acceptors (Lipinski definition) is 7.